The van der Waals surface area contributed by atoms with Crippen LogP contribution in [0.25, 0.3) is 0 Å². The first-order valence-corrected chi connectivity index (χ1v) is 2.52. The van der Waals surface area contributed by atoms with E-state index in [1.807, 2.05) is 0 Å². The number of halogens is 5. The zero-order chi connectivity index (χ0) is 7.94. The molecule has 0 aliphatic heterocycles. The highest BCUT2D eigenvalue weighted by Gasteiger charge is 2.45. The molecule has 0 amide bonds. The molecule has 0 saturated heterocycles. The Bertz CT molecular complexity index is 177. The molecule has 0 heterocycles. The zero-order valence-electron chi connectivity index (χ0n) is 4.67. The molecular formula is C5H3F5. The van der Waals surface area contributed by atoms with Crippen LogP contribution in [0.5, 0.6) is 0 Å². The second-order valence-electron chi connectivity index (χ2n) is 2.01. The molecule has 1 atom stereocenters. The van der Waals surface area contributed by atoms with Crippen molar-refractivity contribution in [2.24, 2.45) is 0 Å². The molecule has 1 unspecified atom stereocenters. The van der Waals surface area contributed by atoms with Crippen LogP contribution in [0, 0.1) is 0 Å². The molecule has 0 N–H and O–H groups in total. The monoisotopic (exact) mass is 158 g/mol. The van der Waals surface area contributed by atoms with Crippen LogP contribution in [0.2, 0.25) is 0 Å². The average molecular weight is 158 g/mol. The van der Waals surface area contributed by atoms with Crippen molar-refractivity contribution in [1.82, 2.24) is 0 Å². The molecular weight excluding hydrogens is 155 g/mol. The fourth-order valence-corrected chi connectivity index (χ4v) is 0.543. The highest BCUT2D eigenvalue weighted by Crippen LogP contribution is 2.42. The van der Waals surface area contributed by atoms with Crippen LogP contribution in [0.4, 0.5) is 22.0 Å². The van der Waals surface area contributed by atoms with Crippen molar-refractivity contribution in [3.8, 4) is 0 Å². The number of hydrogen-bond donors (Lipinski definition) is 0. The van der Waals surface area contributed by atoms with Crippen LogP contribution in [-0.4, -0.2) is 12.3 Å². The lowest BCUT2D eigenvalue weighted by molar-refractivity contribution is -0.109. The highest BCUT2D eigenvalue weighted by atomic mass is 19.4. The predicted octanol–water partition coefficient (Wildman–Crippen LogP) is 2.51. The quantitative estimate of drug-likeness (QED) is 0.475. The van der Waals surface area contributed by atoms with Gasteiger partial charge < -0.3 is 0 Å². The van der Waals surface area contributed by atoms with Gasteiger partial charge in [-0.3, -0.25) is 0 Å². The van der Waals surface area contributed by atoms with E-state index >= 15 is 0 Å². The van der Waals surface area contributed by atoms with Gasteiger partial charge in [-0.15, -0.1) is 0 Å². The number of hydrogen-bond acceptors (Lipinski definition) is 0. The van der Waals surface area contributed by atoms with Gasteiger partial charge in [-0.05, 0) is 0 Å². The minimum absolute atomic E-state index is 0.411. The van der Waals surface area contributed by atoms with Crippen LogP contribution in [0.3, 0.4) is 0 Å². The van der Waals surface area contributed by atoms with Gasteiger partial charge >= 0.3 is 6.18 Å². The van der Waals surface area contributed by atoms with Gasteiger partial charge in [0, 0.05) is 12.0 Å². The van der Waals surface area contributed by atoms with Crippen molar-refractivity contribution in [1.29, 1.82) is 0 Å². The number of rotatable bonds is 0. The normalized spacial score (nSPS) is 30.3. The van der Waals surface area contributed by atoms with Crippen molar-refractivity contribution < 1.29 is 22.0 Å². The van der Waals surface area contributed by atoms with E-state index in [9.17, 15) is 22.0 Å². The molecule has 1 saturated carbocycles. The van der Waals surface area contributed by atoms with Gasteiger partial charge in [-0.25, -0.2) is 8.78 Å². The van der Waals surface area contributed by atoms with E-state index in [2.05, 4.69) is 0 Å². The Morgan fingerprint density at radius 2 is 1.80 bits per heavy atom. The van der Waals surface area contributed by atoms with Gasteiger partial charge in [-0.1, -0.05) is 0 Å². The van der Waals surface area contributed by atoms with E-state index in [4.69, 9.17) is 0 Å². The minimum atomic E-state index is -5.00. The number of alkyl halides is 4. The lowest BCUT2D eigenvalue weighted by Gasteiger charge is -1.99. The third-order valence-electron chi connectivity index (χ3n) is 1.15. The number of allylic oxidation sites excluding steroid dienone is 2. The Balaban J connectivity index is 2.76. The van der Waals surface area contributed by atoms with E-state index in [0.717, 1.165) is 0 Å². The van der Waals surface area contributed by atoms with Gasteiger partial charge in [0.05, 0.1) is 0 Å². The Morgan fingerprint density at radius 3 is 1.90 bits per heavy atom. The minimum Gasteiger partial charge on any atom is -0.242 e. The summed E-state index contributed by atoms with van der Waals surface area (Å²) in [4.78, 5) is 0. The Kier molecular flexibility index (Phi) is 1.45. The van der Waals surface area contributed by atoms with Gasteiger partial charge in [0.25, 0.3) is 0 Å². The maximum Gasteiger partial charge on any atom is 0.442 e. The van der Waals surface area contributed by atoms with Crippen molar-refractivity contribution >= 4 is 0 Å². The first-order valence-electron chi connectivity index (χ1n) is 2.52. The second-order valence-corrected chi connectivity index (χ2v) is 2.01. The van der Waals surface area contributed by atoms with E-state index in [1.54, 1.807) is 0 Å². The summed E-state index contributed by atoms with van der Waals surface area (Å²) in [6, 6.07) is 0. The summed E-state index contributed by atoms with van der Waals surface area (Å²) in [7, 11) is 0. The molecule has 0 aromatic heterocycles. The van der Waals surface area contributed by atoms with Gasteiger partial charge in [0.15, 0.2) is 0 Å². The van der Waals surface area contributed by atoms with Crippen molar-refractivity contribution in [3.63, 3.8) is 0 Å². The van der Waals surface area contributed by atoms with Gasteiger partial charge in [0.1, 0.15) is 6.17 Å². The third-order valence-corrected chi connectivity index (χ3v) is 1.15. The lowest BCUT2D eigenvalue weighted by atomic mass is 10.4. The zero-order valence-corrected chi connectivity index (χ0v) is 4.67. The molecule has 1 fully saturated rings. The molecule has 0 aromatic carbocycles. The fraction of sp³-hybridized carbons (Fsp3) is 0.600. The molecule has 0 nitrogen and oxygen atoms in total. The molecule has 1 rings (SSSR count). The van der Waals surface area contributed by atoms with Crippen LogP contribution in [0.1, 0.15) is 6.42 Å². The summed E-state index contributed by atoms with van der Waals surface area (Å²) in [6.45, 7) is 0. The molecule has 10 heavy (non-hydrogen) atoms. The highest BCUT2D eigenvalue weighted by molar-refractivity contribution is 5.30. The first-order chi connectivity index (χ1) is 4.43. The first kappa shape index (κ1) is 7.50. The molecule has 0 aromatic rings. The maximum absolute atomic E-state index is 11.9. The van der Waals surface area contributed by atoms with E-state index in [0.29, 0.717) is 0 Å². The van der Waals surface area contributed by atoms with E-state index < -0.39 is 30.2 Å². The third kappa shape index (κ3) is 1.27. The van der Waals surface area contributed by atoms with Crippen LogP contribution >= 0.6 is 0 Å². The largest absolute Gasteiger partial charge is 0.442 e. The second kappa shape index (κ2) is 1.93. The molecule has 0 radical (unpaired) electrons. The van der Waals surface area contributed by atoms with Crippen LogP contribution in [0.15, 0.2) is 11.4 Å². The summed E-state index contributed by atoms with van der Waals surface area (Å²) >= 11 is 0. The molecule has 1 aliphatic rings. The molecule has 5 heteroatoms. The summed E-state index contributed by atoms with van der Waals surface area (Å²) in [5.74, 6) is -2.26. The maximum atomic E-state index is 11.9. The summed E-state index contributed by atoms with van der Waals surface area (Å²) in [6.07, 6.45) is -7.12. The van der Waals surface area contributed by atoms with Crippen molar-refractivity contribution in [2.75, 3.05) is 0 Å². The SMILES string of the molecule is FC(=C1CC1F)C(F)(F)F. The smallest absolute Gasteiger partial charge is 0.242 e. The van der Waals surface area contributed by atoms with E-state index in [1.165, 1.54) is 0 Å². The summed E-state index contributed by atoms with van der Waals surface area (Å²) < 4.78 is 57.6. The van der Waals surface area contributed by atoms with Gasteiger partial charge in [0.2, 0.25) is 5.83 Å². The molecule has 1 aliphatic carbocycles. The molecule has 0 spiro atoms. The van der Waals surface area contributed by atoms with E-state index in [-0.39, 0.29) is 0 Å². The van der Waals surface area contributed by atoms with Crippen molar-refractivity contribution in [3.05, 3.63) is 11.4 Å². The summed E-state index contributed by atoms with van der Waals surface area (Å²) in [5, 5.41) is 0. The van der Waals surface area contributed by atoms with Crippen LogP contribution in [-0.2, 0) is 0 Å². The lowest BCUT2D eigenvalue weighted by Crippen LogP contribution is -2.07. The van der Waals surface area contributed by atoms with Crippen molar-refractivity contribution in [2.45, 2.75) is 18.8 Å². The topological polar surface area (TPSA) is 0 Å². The Labute approximate surface area is 53.3 Å². The summed E-state index contributed by atoms with van der Waals surface area (Å²) in [5.41, 5.74) is -0.757. The van der Waals surface area contributed by atoms with Crippen LogP contribution < -0.4 is 0 Å². The Hall–Kier alpha value is -0.610. The Morgan fingerprint density at radius 1 is 1.40 bits per heavy atom. The predicted molar refractivity (Wildman–Crippen MR) is 23.7 cm³/mol. The molecule has 0 bridgehead atoms. The van der Waals surface area contributed by atoms with Gasteiger partial charge in [-0.2, -0.15) is 13.2 Å². The standard InChI is InChI=1S/C5H3F5/c6-3-1-2(3)4(7)5(8,9)10/h3H,1H2. The average Bonchev–Trinajstić information content (AvgIpc) is 2.42. The molecule has 58 valence electrons. The fourth-order valence-electron chi connectivity index (χ4n) is 0.543.